The molecule has 0 atom stereocenters. The van der Waals surface area contributed by atoms with E-state index in [0.29, 0.717) is 57.5 Å². The van der Waals surface area contributed by atoms with Gasteiger partial charge in [-0.2, -0.15) is 0 Å². The largest absolute Gasteiger partial charge is 0.493 e. The van der Waals surface area contributed by atoms with Gasteiger partial charge in [-0.1, -0.05) is 12.1 Å². The van der Waals surface area contributed by atoms with Crippen molar-refractivity contribution in [2.75, 3.05) is 56.9 Å². The molecule has 0 amide bonds. The molecule has 6 rings (SSSR count). The Morgan fingerprint density at radius 1 is 0.265 bits per heavy atom. The Kier molecular flexibility index (Phi) is 9.44. The molecule has 0 spiro atoms. The van der Waals surface area contributed by atoms with Crippen LogP contribution in [-0.4, -0.2) is 56.9 Å². The highest BCUT2D eigenvalue weighted by atomic mass is 16.5. The van der Waals surface area contributed by atoms with Gasteiger partial charge in [0.2, 0.25) is 0 Å². The van der Waals surface area contributed by atoms with Gasteiger partial charge in [-0.05, 0) is 105 Å². The summed E-state index contributed by atoms with van der Waals surface area (Å²) in [4.78, 5) is 0. The summed E-state index contributed by atoms with van der Waals surface area (Å²) in [6.07, 6.45) is 0. The fraction of sp³-hybridized carbons (Fsp3) is 0.200. The van der Waals surface area contributed by atoms with Crippen LogP contribution in [0.25, 0.3) is 43.8 Å². The van der Waals surface area contributed by atoms with Gasteiger partial charge in [-0.3, -0.25) is 0 Å². The zero-order valence-corrected chi connectivity index (χ0v) is 28.8. The summed E-state index contributed by atoms with van der Waals surface area (Å²) in [5.41, 5.74) is 3.38. The summed E-state index contributed by atoms with van der Waals surface area (Å²) in [6, 6.07) is 27.5. The molecule has 0 saturated carbocycles. The summed E-state index contributed by atoms with van der Waals surface area (Å²) >= 11 is 0. The van der Waals surface area contributed by atoms with Crippen LogP contribution < -0.4 is 42.6 Å². The first-order chi connectivity index (χ1) is 23.9. The van der Waals surface area contributed by atoms with Crippen LogP contribution in [0.3, 0.4) is 0 Å². The minimum Gasteiger partial charge on any atom is -0.493 e. The molecule has 0 N–H and O–H groups in total. The van der Waals surface area contributed by atoms with Crippen molar-refractivity contribution in [3.05, 3.63) is 84.9 Å². The third-order valence-electron chi connectivity index (χ3n) is 8.49. The second kappa shape index (κ2) is 14.0. The number of methoxy groups -OCH3 is 8. The van der Waals surface area contributed by atoms with E-state index in [-0.39, 0.29) is 0 Å². The summed E-state index contributed by atoms with van der Waals surface area (Å²) < 4.78 is 51.9. The molecule has 0 heterocycles. The molecule has 49 heavy (non-hydrogen) atoms. The summed E-state index contributed by atoms with van der Waals surface area (Å²) in [5, 5.41) is 3.67. The number of fused-ring (bicyclic) bond motifs is 2. The number of hydrogen-bond donors (Lipinski definition) is 0. The molecule has 9 heteroatoms. The monoisotopic (exact) mass is 662 g/mol. The van der Waals surface area contributed by atoms with E-state index in [0.717, 1.165) is 43.8 Å². The van der Waals surface area contributed by atoms with Crippen LogP contribution in [-0.2, 0) is 0 Å². The van der Waals surface area contributed by atoms with Crippen molar-refractivity contribution in [2.24, 2.45) is 0 Å². The average molecular weight is 663 g/mol. The molecule has 6 aromatic carbocycles. The van der Waals surface area contributed by atoms with Crippen molar-refractivity contribution in [1.82, 2.24) is 0 Å². The molecule has 0 fully saturated rings. The van der Waals surface area contributed by atoms with Gasteiger partial charge in [0.05, 0.1) is 56.9 Å². The Labute approximate surface area is 285 Å². The first kappa shape index (κ1) is 33.0. The molecule has 6 aromatic rings. The molecule has 0 saturated heterocycles. The molecule has 0 bridgehead atoms. The number of rotatable bonds is 12. The topological polar surface area (TPSA) is 83.1 Å². The van der Waals surface area contributed by atoms with E-state index in [2.05, 4.69) is 12.1 Å². The molecule has 0 radical (unpaired) electrons. The summed E-state index contributed by atoms with van der Waals surface area (Å²) in [6.45, 7) is 0. The minimum absolute atomic E-state index is 0.594. The standard InChI is InChI=1S/C40H38O9/c1-41-31-11-9-23(15-35(31)43-3)29-13-25-19-37(45-5)39(47-7)21-27(25)17-33(29)49-34-18-28-22-40(48-8)38(46-6)20-26(28)14-30(34)24-10-12-32(42-2)36(16-24)44-4/h9-22H,1-8H3. The molecule has 0 aliphatic heterocycles. The van der Waals surface area contributed by atoms with E-state index in [1.165, 1.54) is 0 Å². The van der Waals surface area contributed by atoms with Gasteiger partial charge < -0.3 is 42.6 Å². The van der Waals surface area contributed by atoms with E-state index < -0.39 is 0 Å². The maximum absolute atomic E-state index is 7.00. The fourth-order valence-electron chi connectivity index (χ4n) is 5.96. The predicted molar refractivity (Wildman–Crippen MR) is 191 cm³/mol. The number of hydrogen-bond acceptors (Lipinski definition) is 9. The second-order valence-electron chi connectivity index (χ2n) is 11.0. The quantitative estimate of drug-likeness (QED) is 0.127. The van der Waals surface area contributed by atoms with Crippen LogP contribution in [0.1, 0.15) is 0 Å². The Bertz CT molecular complexity index is 2000. The zero-order valence-electron chi connectivity index (χ0n) is 28.8. The minimum atomic E-state index is 0.594. The molecule has 252 valence electrons. The number of benzene rings is 6. The molecule has 0 aliphatic rings. The van der Waals surface area contributed by atoms with E-state index in [1.54, 1.807) is 56.9 Å². The number of ether oxygens (including phenoxy) is 9. The lowest BCUT2D eigenvalue weighted by atomic mass is 9.97. The van der Waals surface area contributed by atoms with Crippen molar-refractivity contribution in [1.29, 1.82) is 0 Å². The molecular formula is C40H38O9. The predicted octanol–water partition coefficient (Wildman–Crippen LogP) is 9.19. The van der Waals surface area contributed by atoms with Crippen molar-refractivity contribution in [2.45, 2.75) is 0 Å². The highest BCUT2D eigenvalue weighted by molar-refractivity contribution is 5.96. The van der Waals surface area contributed by atoms with Crippen LogP contribution in [0.5, 0.6) is 57.5 Å². The molecule has 0 aromatic heterocycles. The first-order valence-corrected chi connectivity index (χ1v) is 15.4. The Morgan fingerprint density at radius 2 is 0.531 bits per heavy atom. The second-order valence-corrected chi connectivity index (χ2v) is 11.0. The van der Waals surface area contributed by atoms with Gasteiger partial charge in [0.25, 0.3) is 0 Å². The van der Waals surface area contributed by atoms with Gasteiger partial charge in [0, 0.05) is 11.1 Å². The molecule has 0 aliphatic carbocycles. The maximum Gasteiger partial charge on any atom is 0.161 e. The third-order valence-corrected chi connectivity index (χ3v) is 8.49. The lowest BCUT2D eigenvalue weighted by molar-refractivity contribution is 0.355. The Balaban J connectivity index is 1.63. The normalized spacial score (nSPS) is 10.9. The Hall–Kier alpha value is -5.96. The van der Waals surface area contributed by atoms with Crippen molar-refractivity contribution in [3.63, 3.8) is 0 Å². The van der Waals surface area contributed by atoms with Crippen LogP contribution in [0.2, 0.25) is 0 Å². The van der Waals surface area contributed by atoms with Gasteiger partial charge in [-0.25, -0.2) is 0 Å². The maximum atomic E-state index is 7.00. The van der Waals surface area contributed by atoms with Gasteiger partial charge >= 0.3 is 0 Å². The highest BCUT2D eigenvalue weighted by Gasteiger charge is 2.19. The fourth-order valence-corrected chi connectivity index (χ4v) is 5.96. The van der Waals surface area contributed by atoms with Gasteiger partial charge in [-0.15, -0.1) is 0 Å². The lowest BCUT2D eigenvalue weighted by Crippen LogP contribution is -1.96. The van der Waals surface area contributed by atoms with Crippen LogP contribution in [0.4, 0.5) is 0 Å². The van der Waals surface area contributed by atoms with Crippen molar-refractivity contribution < 1.29 is 42.6 Å². The van der Waals surface area contributed by atoms with E-state index in [1.807, 2.05) is 72.8 Å². The van der Waals surface area contributed by atoms with Crippen LogP contribution in [0.15, 0.2) is 84.9 Å². The average Bonchev–Trinajstić information content (AvgIpc) is 3.15. The summed E-state index contributed by atoms with van der Waals surface area (Å²) in [5.74, 6) is 6.10. The smallest absolute Gasteiger partial charge is 0.161 e. The van der Waals surface area contributed by atoms with Gasteiger partial charge in [0.15, 0.2) is 46.0 Å². The lowest BCUT2D eigenvalue weighted by Gasteiger charge is -2.19. The molecule has 9 nitrogen and oxygen atoms in total. The summed E-state index contributed by atoms with van der Waals surface area (Å²) in [7, 11) is 12.9. The third kappa shape index (κ3) is 6.23. The van der Waals surface area contributed by atoms with Crippen molar-refractivity contribution >= 4 is 21.5 Å². The van der Waals surface area contributed by atoms with E-state index in [4.69, 9.17) is 42.6 Å². The van der Waals surface area contributed by atoms with Crippen LogP contribution >= 0.6 is 0 Å². The van der Waals surface area contributed by atoms with Gasteiger partial charge in [0.1, 0.15) is 11.5 Å². The highest BCUT2D eigenvalue weighted by Crippen LogP contribution is 2.46. The van der Waals surface area contributed by atoms with E-state index in [9.17, 15) is 0 Å². The van der Waals surface area contributed by atoms with Crippen molar-refractivity contribution in [3.8, 4) is 79.7 Å². The molecule has 0 unspecified atom stereocenters. The SMILES string of the molecule is COc1ccc(-c2cc3cc(OC)c(OC)cc3cc2Oc2cc3cc(OC)c(OC)cc3cc2-c2ccc(OC)c(OC)c2)cc1OC. The van der Waals surface area contributed by atoms with E-state index >= 15 is 0 Å². The first-order valence-electron chi connectivity index (χ1n) is 15.4. The zero-order chi connectivity index (χ0) is 34.7. The molecular weight excluding hydrogens is 624 g/mol. The Morgan fingerprint density at radius 3 is 0.837 bits per heavy atom. The van der Waals surface area contributed by atoms with Crippen LogP contribution in [0, 0.1) is 0 Å².